The average molecular weight is 212 g/mol. The van der Waals surface area contributed by atoms with Gasteiger partial charge in [0, 0.05) is 10.6 Å². The lowest BCUT2D eigenvalue weighted by atomic mass is 10.3. The Kier molecular flexibility index (Phi) is 6.21. The fourth-order valence-corrected chi connectivity index (χ4v) is 3.15. The monoisotopic (exact) mass is 212 g/mol. The second-order valence-corrected chi connectivity index (χ2v) is 5.41. The fraction of sp³-hybridized carbons (Fsp3) is 0.455. The number of unbranched alkanes of at least 4 members (excludes halogenated alkanes) is 2. The van der Waals surface area contributed by atoms with E-state index in [0.29, 0.717) is 0 Å². The predicted molar refractivity (Wildman–Crippen MR) is 64.3 cm³/mol. The van der Waals surface area contributed by atoms with Crippen LogP contribution in [-0.4, -0.2) is 5.75 Å². The molecule has 0 aromatic heterocycles. The van der Waals surface area contributed by atoms with Crippen LogP contribution < -0.4 is 0 Å². The summed E-state index contributed by atoms with van der Waals surface area (Å²) in [7, 11) is 3.85. The summed E-state index contributed by atoms with van der Waals surface area (Å²) < 4.78 is 0. The molecule has 0 spiro atoms. The lowest BCUT2D eigenvalue weighted by molar-refractivity contribution is 0.780. The van der Waals surface area contributed by atoms with Crippen LogP contribution in [0, 0.1) is 0 Å². The van der Waals surface area contributed by atoms with Gasteiger partial charge in [0.1, 0.15) is 0 Å². The van der Waals surface area contributed by atoms with E-state index in [9.17, 15) is 0 Å². The van der Waals surface area contributed by atoms with Gasteiger partial charge in [0.2, 0.25) is 0 Å². The van der Waals surface area contributed by atoms with Gasteiger partial charge in [0.15, 0.2) is 0 Å². The molecular weight excluding hydrogens is 196 g/mol. The van der Waals surface area contributed by atoms with E-state index in [2.05, 4.69) is 37.3 Å². The number of hydrogen-bond donors (Lipinski definition) is 0. The molecule has 0 saturated carbocycles. The number of rotatable bonds is 6. The van der Waals surface area contributed by atoms with Crippen molar-refractivity contribution >= 4 is 21.6 Å². The van der Waals surface area contributed by atoms with E-state index in [1.165, 1.54) is 29.9 Å². The van der Waals surface area contributed by atoms with Crippen LogP contribution in [0.15, 0.2) is 35.2 Å². The minimum atomic E-state index is 1.27. The summed E-state index contributed by atoms with van der Waals surface area (Å²) in [6, 6.07) is 10.6. The summed E-state index contributed by atoms with van der Waals surface area (Å²) in [5.74, 6) is 1.27. The van der Waals surface area contributed by atoms with Gasteiger partial charge in [0.25, 0.3) is 0 Å². The standard InChI is InChI=1S/C11H16S2/c1-2-3-7-10-12-13-11-8-5-4-6-9-11/h4-6,8-9H,2-3,7,10H2,1H3. The molecule has 1 rings (SSSR count). The molecule has 0 radical (unpaired) electrons. The van der Waals surface area contributed by atoms with Crippen molar-refractivity contribution in [2.45, 2.75) is 31.1 Å². The van der Waals surface area contributed by atoms with Crippen LogP contribution >= 0.6 is 21.6 Å². The highest BCUT2D eigenvalue weighted by molar-refractivity contribution is 8.76. The maximum atomic E-state index is 2.25. The second-order valence-electron chi connectivity index (χ2n) is 2.93. The Morgan fingerprint density at radius 2 is 1.85 bits per heavy atom. The SMILES string of the molecule is CCCCCSSc1ccccc1. The summed E-state index contributed by atoms with van der Waals surface area (Å²) in [4.78, 5) is 1.36. The van der Waals surface area contributed by atoms with E-state index in [1.54, 1.807) is 0 Å². The third-order valence-corrected chi connectivity index (χ3v) is 4.20. The van der Waals surface area contributed by atoms with Crippen LogP contribution in [0.2, 0.25) is 0 Å². The molecule has 0 nitrogen and oxygen atoms in total. The zero-order valence-electron chi connectivity index (χ0n) is 8.03. The van der Waals surface area contributed by atoms with Gasteiger partial charge in [-0.25, -0.2) is 0 Å². The summed E-state index contributed by atoms with van der Waals surface area (Å²) in [5, 5.41) is 0. The summed E-state index contributed by atoms with van der Waals surface area (Å²) >= 11 is 0. The minimum Gasteiger partial charge on any atom is -0.0889 e. The fourth-order valence-electron chi connectivity index (χ4n) is 0.997. The summed E-state index contributed by atoms with van der Waals surface area (Å²) in [6.07, 6.45) is 4.03. The Morgan fingerprint density at radius 3 is 2.54 bits per heavy atom. The summed E-state index contributed by atoms with van der Waals surface area (Å²) in [5.41, 5.74) is 0. The molecule has 0 heterocycles. The molecule has 1 aromatic carbocycles. The lowest BCUT2D eigenvalue weighted by Crippen LogP contribution is -1.75. The van der Waals surface area contributed by atoms with Crippen LogP contribution in [0.5, 0.6) is 0 Å². The van der Waals surface area contributed by atoms with Gasteiger partial charge in [-0.2, -0.15) is 0 Å². The predicted octanol–water partition coefficient (Wildman–Crippen LogP) is 4.62. The van der Waals surface area contributed by atoms with E-state index in [4.69, 9.17) is 0 Å². The van der Waals surface area contributed by atoms with Crippen LogP contribution in [0.3, 0.4) is 0 Å². The van der Waals surface area contributed by atoms with Gasteiger partial charge in [-0.3, -0.25) is 0 Å². The highest BCUT2D eigenvalue weighted by atomic mass is 33.1. The zero-order valence-corrected chi connectivity index (χ0v) is 9.66. The Labute approximate surface area is 88.9 Å². The molecule has 13 heavy (non-hydrogen) atoms. The van der Waals surface area contributed by atoms with E-state index in [0.717, 1.165) is 0 Å². The Balaban J connectivity index is 2.07. The van der Waals surface area contributed by atoms with Crippen molar-refractivity contribution < 1.29 is 0 Å². The Bertz CT molecular complexity index is 209. The topological polar surface area (TPSA) is 0 Å². The maximum Gasteiger partial charge on any atom is 0.0182 e. The molecule has 0 bridgehead atoms. The van der Waals surface area contributed by atoms with Gasteiger partial charge >= 0.3 is 0 Å². The van der Waals surface area contributed by atoms with Crippen molar-refractivity contribution in [3.8, 4) is 0 Å². The lowest BCUT2D eigenvalue weighted by Gasteiger charge is -1.99. The van der Waals surface area contributed by atoms with Crippen LogP contribution in [0.4, 0.5) is 0 Å². The van der Waals surface area contributed by atoms with Crippen molar-refractivity contribution in [1.29, 1.82) is 0 Å². The molecule has 0 amide bonds. The molecule has 0 N–H and O–H groups in total. The van der Waals surface area contributed by atoms with E-state index < -0.39 is 0 Å². The zero-order chi connectivity index (χ0) is 9.36. The normalized spacial score (nSPS) is 10.2. The molecule has 1 aromatic rings. The highest BCUT2D eigenvalue weighted by Gasteiger charge is 1.92. The third kappa shape index (κ3) is 5.27. The first kappa shape index (κ1) is 11.0. The van der Waals surface area contributed by atoms with Gasteiger partial charge in [-0.1, -0.05) is 59.6 Å². The minimum absolute atomic E-state index is 1.27. The largest absolute Gasteiger partial charge is 0.0889 e. The van der Waals surface area contributed by atoms with Crippen LogP contribution in [0.1, 0.15) is 26.2 Å². The van der Waals surface area contributed by atoms with Crippen molar-refractivity contribution in [3.63, 3.8) is 0 Å². The second kappa shape index (κ2) is 7.34. The molecule has 2 heteroatoms. The number of hydrogen-bond acceptors (Lipinski definition) is 2. The first-order valence-electron chi connectivity index (χ1n) is 4.78. The highest BCUT2D eigenvalue weighted by Crippen LogP contribution is 2.31. The smallest absolute Gasteiger partial charge is 0.0182 e. The van der Waals surface area contributed by atoms with Gasteiger partial charge in [-0.05, 0) is 18.6 Å². The van der Waals surface area contributed by atoms with Crippen LogP contribution in [0.25, 0.3) is 0 Å². The maximum absolute atomic E-state index is 2.25. The van der Waals surface area contributed by atoms with Gasteiger partial charge in [0.05, 0.1) is 0 Å². The molecule has 0 aliphatic heterocycles. The molecule has 0 aliphatic carbocycles. The first-order chi connectivity index (χ1) is 6.43. The van der Waals surface area contributed by atoms with Gasteiger partial charge < -0.3 is 0 Å². The molecule has 72 valence electrons. The van der Waals surface area contributed by atoms with Crippen molar-refractivity contribution in [2.75, 3.05) is 5.75 Å². The van der Waals surface area contributed by atoms with E-state index in [1.807, 2.05) is 21.6 Å². The van der Waals surface area contributed by atoms with E-state index >= 15 is 0 Å². The Morgan fingerprint density at radius 1 is 1.08 bits per heavy atom. The molecule has 0 fully saturated rings. The molecule has 0 aliphatic rings. The molecule has 0 atom stereocenters. The van der Waals surface area contributed by atoms with Crippen LogP contribution in [-0.2, 0) is 0 Å². The Hall–Kier alpha value is -0.0800. The molecular formula is C11H16S2. The van der Waals surface area contributed by atoms with Crippen molar-refractivity contribution in [1.82, 2.24) is 0 Å². The average Bonchev–Trinajstić information content (AvgIpc) is 2.19. The number of benzene rings is 1. The molecule has 0 unspecified atom stereocenters. The van der Waals surface area contributed by atoms with E-state index in [-0.39, 0.29) is 0 Å². The quantitative estimate of drug-likeness (QED) is 0.498. The first-order valence-corrected chi connectivity index (χ1v) is 7.10. The third-order valence-electron chi connectivity index (χ3n) is 1.73. The van der Waals surface area contributed by atoms with Gasteiger partial charge in [-0.15, -0.1) is 0 Å². The molecule has 0 saturated heterocycles. The van der Waals surface area contributed by atoms with Crippen molar-refractivity contribution in [2.24, 2.45) is 0 Å². The summed E-state index contributed by atoms with van der Waals surface area (Å²) in [6.45, 7) is 2.25. The van der Waals surface area contributed by atoms with Crippen molar-refractivity contribution in [3.05, 3.63) is 30.3 Å².